The smallest absolute Gasteiger partial charge is 0.0140 e. The Morgan fingerprint density at radius 2 is 2.00 bits per heavy atom. The normalized spacial score (nSPS) is 47.5. The highest BCUT2D eigenvalue weighted by Gasteiger charge is 2.32. The van der Waals surface area contributed by atoms with Gasteiger partial charge in [0.2, 0.25) is 0 Å². The van der Waals surface area contributed by atoms with Gasteiger partial charge in [-0.05, 0) is 35.4 Å². The molecule has 1 heteroatoms. The van der Waals surface area contributed by atoms with Gasteiger partial charge < -0.3 is 0 Å². The van der Waals surface area contributed by atoms with Crippen LogP contribution in [0.3, 0.4) is 0 Å². The zero-order valence-electron chi connectivity index (χ0n) is 7.68. The molecule has 1 rings (SSSR count). The lowest BCUT2D eigenvalue weighted by molar-refractivity contribution is 0.834. The maximum Gasteiger partial charge on any atom is -0.0140 e. The van der Waals surface area contributed by atoms with Gasteiger partial charge in [0.25, 0.3) is 0 Å². The molecule has 2 atom stereocenters. The highest BCUT2D eigenvalue weighted by Crippen LogP contribution is 2.59. The fraction of sp³-hybridized carbons (Fsp3) is 1.00. The zero-order valence-corrected chi connectivity index (χ0v) is 8.50. The molecular weight excluding hydrogens is 140 g/mol. The quantitative estimate of drug-likeness (QED) is 0.553. The van der Waals surface area contributed by atoms with Crippen molar-refractivity contribution < 1.29 is 0 Å². The predicted octanol–water partition coefficient (Wildman–Crippen LogP) is 3.01. The van der Waals surface area contributed by atoms with Crippen LogP contribution in [0, 0.1) is 0 Å². The molecule has 0 spiro atoms. The molecule has 1 aliphatic heterocycles. The first-order valence-corrected chi connectivity index (χ1v) is 6.65. The summed E-state index contributed by atoms with van der Waals surface area (Å²) in [6.07, 6.45) is 5.52. The Morgan fingerprint density at radius 3 is 2.20 bits per heavy atom. The molecule has 0 aliphatic carbocycles. The van der Waals surface area contributed by atoms with Gasteiger partial charge in [0.1, 0.15) is 0 Å². The van der Waals surface area contributed by atoms with Gasteiger partial charge in [-0.25, -0.2) is 10.0 Å². The van der Waals surface area contributed by atoms with Crippen LogP contribution < -0.4 is 0 Å². The molecule has 0 N–H and O–H groups in total. The van der Waals surface area contributed by atoms with Gasteiger partial charge in [-0.1, -0.05) is 20.8 Å². The highest BCUT2D eigenvalue weighted by atomic mass is 32.3. The number of rotatable bonds is 1. The van der Waals surface area contributed by atoms with Crippen molar-refractivity contribution in [2.24, 2.45) is 0 Å². The third-order valence-corrected chi connectivity index (χ3v) is 8.59. The van der Waals surface area contributed by atoms with Crippen LogP contribution in [0.4, 0.5) is 0 Å². The van der Waals surface area contributed by atoms with Crippen LogP contribution in [0.25, 0.3) is 0 Å². The van der Waals surface area contributed by atoms with E-state index in [9.17, 15) is 0 Å². The summed E-state index contributed by atoms with van der Waals surface area (Å²) in [6.45, 7) is 7.25. The zero-order chi connectivity index (χ0) is 7.78. The van der Waals surface area contributed by atoms with Gasteiger partial charge in [-0.15, -0.1) is 0 Å². The Hall–Kier alpha value is 0.350. The third kappa shape index (κ3) is 1.20. The Bertz CT molecular complexity index is 120. The van der Waals surface area contributed by atoms with Gasteiger partial charge >= 0.3 is 0 Å². The predicted molar refractivity (Wildman–Crippen MR) is 52.2 cm³/mol. The summed E-state index contributed by atoms with van der Waals surface area (Å²) < 4.78 is 0. The third-order valence-electron chi connectivity index (χ3n) is 3.19. The second kappa shape index (κ2) is 2.77. The van der Waals surface area contributed by atoms with E-state index in [0.29, 0.717) is 0 Å². The summed E-state index contributed by atoms with van der Waals surface area (Å²) in [5.74, 6) is 1.53. The van der Waals surface area contributed by atoms with Crippen molar-refractivity contribution in [3.63, 3.8) is 0 Å². The van der Waals surface area contributed by atoms with Crippen LogP contribution in [0.15, 0.2) is 0 Å². The molecule has 2 unspecified atom stereocenters. The summed E-state index contributed by atoms with van der Waals surface area (Å²) in [5.41, 5.74) is 0. The van der Waals surface area contributed by atoms with Crippen molar-refractivity contribution in [2.75, 3.05) is 12.0 Å². The maximum atomic E-state index is 2.54. The summed E-state index contributed by atoms with van der Waals surface area (Å²) >= 11 is 0. The molecule has 1 fully saturated rings. The van der Waals surface area contributed by atoms with Crippen LogP contribution in [0.1, 0.15) is 33.6 Å². The second-order valence-corrected chi connectivity index (χ2v) is 8.55. The van der Waals surface area contributed by atoms with Crippen LogP contribution in [0.5, 0.6) is 0 Å². The largest absolute Gasteiger partial charge is 0.239 e. The first-order chi connectivity index (χ1) is 4.57. The first-order valence-electron chi connectivity index (χ1n) is 4.31. The van der Waals surface area contributed by atoms with Crippen molar-refractivity contribution in [2.45, 2.75) is 44.1 Å². The van der Waals surface area contributed by atoms with Crippen molar-refractivity contribution >= 4 is 10.0 Å². The lowest BCUT2D eigenvalue weighted by Gasteiger charge is -2.40. The Balaban J connectivity index is 2.66. The molecule has 0 amide bonds. The van der Waals surface area contributed by atoms with E-state index in [2.05, 4.69) is 27.0 Å². The fourth-order valence-corrected chi connectivity index (χ4v) is 5.15. The average Bonchev–Trinajstić information content (AvgIpc) is 2.15. The molecule has 62 valence electrons. The Kier molecular flexibility index (Phi) is 2.34. The first kappa shape index (κ1) is 8.45. The molecule has 0 aromatic heterocycles. The topological polar surface area (TPSA) is 0 Å². The Morgan fingerprint density at radius 1 is 1.40 bits per heavy atom. The lowest BCUT2D eigenvalue weighted by Crippen LogP contribution is -2.18. The van der Waals surface area contributed by atoms with Gasteiger partial charge in [-0.2, -0.15) is 0 Å². The van der Waals surface area contributed by atoms with Gasteiger partial charge in [0.15, 0.2) is 0 Å². The van der Waals surface area contributed by atoms with E-state index in [1.807, 2.05) is 0 Å². The molecular formula is C9H20S. The molecule has 0 saturated carbocycles. The second-order valence-electron chi connectivity index (χ2n) is 3.94. The van der Waals surface area contributed by atoms with Crippen molar-refractivity contribution in [1.82, 2.24) is 0 Å². The molecule has 0 bridgehead atoms. The van der Waals surface area contributed by atoms with Crippen LogP contribution in [-0.4, -0.2) is 22.5 Å². The van der Waals surface area contributed by atoms with E-state index in [1.54, 1.807) is 0 Å². The Labute approximate surface area is 66.7 Å². The van der Waals surface area contributed by atoms with Gasteiger partial charge in [0.05, 0.1) is 0 Å². The molecule has 1 heterocycles. The number of hydrogen-bond donors (Lipinski definition) is 0. The summed E-state index contributed by atoms with van der Waals surface area (Å²) in [5, 5.41) is 1.98. The summed E-state index contributed by atoms with van der Waals surface area (Å²) in [6, 6.07) is 0. The van der Waals surface area contributed by atoms with E-state index in [-0.39, 0.29) is 10.0 Å². The van der Waals surface area contributed by atoms with Crippen molar-refractivity contribution in [3.05, 3.63) is 0 Å². The van der Waals surface area contributed by atoms with E-state index in [4.69, 9.17) is 0 Å². The molecule has 0 nitrogen and oxygen atoms in total. The summed E-state index contributed by atoms with van der Waals surface area (Å²) in [7, 11) is -0.199. The fourth-order valence-electron chi connectivity index (χ4n) is 1.85. The molecule has 0 aromatic carbocycles. The SMILES string of the molecule is CC(C)S1(C)CCCC1C. The molecule has 1 saturated heterocycles. The lowest BCUT2D eigenvalue weighted by atomic mass is 10.3. The molecule has 0 radical (unpaired) electrons. The minimum absolute atomic E-state index is 0.199. The summed E-state index contributed by atoms with van der Waals surface area (Å²) in [4.78, 5) is 0. The van der Waals surface area contributed by atoms with Crippen molar-refractivity contribution in [1.29, 1.82) is 0 Å². The van der Waals surface area contributed by atoms with E-state index in [1.165, 1.54) is 18.6 Å². The van der Waals surface area contributed by atoms with Crippen molar-refractivity contribution in [3.8, 4) is 0 Å². The van der Waals surface area contributed by atoms with Gasteiger partial charge in [0, 0.05) is 0 Å². The van der Waals surface area contributed by atoms with E-state index >= 15 is 0 Å². The molecule has 0 aromatic rings. The minimum atomic E-state index is -0.199. The molecule has 1 aliphatic rings. The van der Waals surface area contributed by atoms with E-state index in [0.717, 1.165) is 10.5 Å². The number of hydrogen-bond acceptors (Lipinski definition) is 0. The average molecular weight is 160 g/mol. The maximum absolute atomic E-state index is 2.54. The van der Waals surface area contributed by atoms with E-state index < -0.39 is 0 Å². The van der Waals surface area contributed by atoms with Crippen LogP contribution >= 0.6 is 10.0 Å². The minimum Gasteiger partial charge on any atom is -0.239 e. The van der Waals surface area contributed by atoms with Gasteiger partial charge in [-0.3, -0.25) is 0 Å². The standard InChI is InChI=1S/C9H20S/c1-8(2)10(4)7-5-6-9(10)3/h8-9H,5-7H2,1-4H3. The van der Waals surface area contributed by atoms with Crippen LogP contribution in [0.2, 0.25) is 0 Å². The van der Waals surface area contributed by atoms with Crippen LogP contribution in [-0.2, 0) is 0 Å². The monoisotopic (exact) mass is 160 g/mol. The highest BCUT2D eigenvalue weighted by molar-refractivity contribution is 8.34. The molecule has 10 heavy (non-hydrogen) atoms.